The van der Waals surface area contributed by atoms with Crippen LogP contribution in [0.25, 0.3) is 0 Å². The normalized spacial score (nSPS) is 10.5. The van der Waals surface area contributed by atoms with E-state index in [0.29, 0.717) is 18.5 Å². The maximum atomic E-state index is 12.8. The molecule has 0 aliphatic carbocycles. The zero-order valence-electron chi connectivity index (χ0n) is 12.9. The molecule has 0 atom stereocenters. The first kappa shape index (κ1) is 16.2. The van der Waals surface area contributed by atoms with Crippen molar-refractivity contribution in [3.63, 3.8) is 0 Å². The van der Waals surface area contributed by atoms with E-state index in [2.05, 4.69) is 24.4 Å². The van der Waals surface area contributed by atoms with Crippen molar-refractivity contribution in [3.8, 4) is 0 Å². The molecule has 1 N–H and O–H groups in total. The van der Waals surface area contributed by atoms with Gasteiger partial charge in [-0.05, 0) is 54.8 Å². The topological polar surface area (TPSA) is 29.1 Å². The van der Waals surface area contributed by atoms with Crippen molar-refractivity contribution < 1.29 is 9.18 Å². The predicted molar refractivity (Wildman–Crippen MR) is 88.9 cm³/mol. The number of aryl methyl sites for hydroxylation is 1. The second kappa shape index (κ2) is 8.32. The molecular formula is C19H22FNO. The van der Waals surface area contributed by atoms with Crippen LogP contribution in [0.4, 0.5) is 10.1 Å². The first-order chi connectivity index (χ1) is 10.7. The number of Topliss-reactive ketones (excluding diaryl/α,β-unsaturated/α-hetero) is 1. The van der Waals surface area contributed by atoms with Gasteiger partial charge < -0.3 is 5.32 Å². The molecule has 2 aromatic carbocycles. The zero-order valence-corrected chi connectivity index (χ0v) is 12.9. The standard InChI is InChI=1S/C19H22FNO/c1-2-3-4-15-5-11-18(12-6-15)21-14-13-19(22)16-7-9-17(20)10-8-16/h5-12,21H,2-4,13-14H2,1H3. The monoisotopic (exact) mass is 299 g/mol. The molecule has 3 heteroatoms. The summed E-state index contributed by atoms with van der Waals surface area (Å²) in [6.45, 7) is 2.76. The molecule has 0 bridgehead atoms. The molecule has 0 fully saturated rings. The first-order valence-corrected chi connectivity index (χ1v) is 7.80. The van der Waals surface area contributed by atoms with Gasteiger partial charge in [-0.15, -0.1) is 0 Å². The SMILES string of the molecule is CCCCc1ccc(NCCC(=O)c2ccc(F)cc2)cc1. The molecule has 2 aromatic rings. The molecule has 0 heterocycles. The van der Waals surface area contributed by atoms with Crippen LogP contribution in [-0.4, -0.2) is 12.3 Å². The molecule has 0 radical (unpaired) electrons. The summed E-state index contributed by atoms with van der Waals surface area (Å²) in [5, 5.41) is 3.25. The minimum absolute atomic E-state index is 0.0204. The van der Waals surface area contributed by atoms with Crippen molar-refractivity contribution in [1.29, 1.82) is 0 Å². The van der Waals surface area contributed by atoms with Crippen LogP contribution in [0.5, 0.6) is 0 Å². The number of nitrogens with one attached hydrogen (secondary N) is 1. The van der Waals surface area contributed by atoms with Gasteiger partial charge in [-0.2, -0.15) is 0 Å². The Bertz CT molecular complexity index is 590. The molecule has 0 spiro atoms. The molecule has 0 unspecified atom stereocenters. The number of rotatable bonds is 8. The molecule has 2 nitrogen and oxygen atoms in total. The lowest BCUT2D eigenvalue weighted by Gasteiger charge is -2.07. The Balaban J connectivity index is 1.78. The number of carbonyl (C=O) groups is 1. The van der Waals surface area contributed by atoms with Crippen LogP contribution in [0.1, 0.15) is 42.1 Å². The predicted octanol–water partition coefficient (Wildman–Crippen LogP) is 4.85. The Morgan fingerprint density at radius 1 is 1.05 bits per heavy atom. The number of halogens is 1. The van der Waals surface area contributed by atoms with Gasteiger partial charge in [0.15, 0.2) is 5.78 Å². The van der Waals surface area contributed by atoms with Gasteiger partial charge in [0.2, 0.25) is 0 Å². The fourth-order valence-corrected chi connectivity index (χ4v) is 2.27. The van der Waals surface area contributed by atoms with Gasteiger partial charge in [0.1, 0.15) is 5.82 Å². The number of hydrogen-bond donors (Lipinski definition) is 1. The summed E-state index contributed by atoms with van der Waals surface area (Å²) in [6, 6.07) is 14.0. The van der Waals surface area contributed by atoms with Crippen LogP contribution >= 0.6 is 0 Å². The fraction of sp³-hybridized carbons (Fsp3) is 0.316. The van der Waals surface area contributed by atoms with E-state index in [1.54, 1.807) is 0 Å². The smallest absolute Gasteiger partial charge is 0.164 e. The second-order valence-electron chi connectivity index (χ2n) is 5.41. The highest BCUT2D eigenvalue weighted by atomic mass is 19.1. The lowest BCUT2D eigenvalue weighted by atomic mass is 10.1. The van der Waals surface area contributed by atoms with E-state index in [1.165, 1.54) is 42.7 Å². The second-order valence-corrected chi connectivity index (χ2v) is 5.41. The highest BCUT2D eigenvalue weighted by Crippen LogP contribution is 2.12. The Morgan fingerprint density at radius 2 is 1.73 bits per heavy atom. The van der Waals surface area contributed by atoms with Crippen molar-refractivity contribution in [1.82, 2.24) is 0 Å². The largest absolute Gasteiger partial charge is 0.385 e. The van der Waals surface area contributed by atoms with Gasteiger partial charge in [-0.3, -0.25) is 4.79 Å². The van der Waals surface area contributed by atoms with Crippen molar-refractivity contribution in [3.05, 3.63) is 65.5 Å². The third kappa shape index (κ3) is 4.99. The quantitative estimate of drug-likeness (QED) is 0.706. The number of ketones is 1. The van der Waals surface area contributed by atoms with Crippen molar-refractivity contribution in [2.75, 3.05) is 11.9 Å². The van der Waals surface area contributed by atoms with E-state index in [1.807, 2.05) is 12.1 Å². The van der Waals surface area contributed by atoms with Crippen LogP contribution in [0.3, 0.4) is 0 Å². The van der Waals surface area contributed by atoms with Crippen LogP contribution in [-0.2, 0) is 6.42 Å². The minimum Gasteiger partial charge on any atom is -0.385 e. The van der Waals surface area contributed by atoms with Gasteiger partial charge in [0.05, 0.1) is 0 Å². The highest BCUT2D eigenvalue weighted by Gasteiger charge is 2.05. The van der Waals surface area contributed by atoms with Crippen molar-refractivity contribution in [2.45, 2.75) is 32.6 Å². The molecule has 2 rings (SSSR count). The van der Waals surface area contributed by atoms with Crippen LogP contribution in [0, 0.1) is 5.82 Å². The average molecular weight is 299 g/mol. The summed E-state index contributed by atoms with van der Waals surface area (Å²) >= 11 is 0. The summed E-state index contributed by atoms with van der Waals surface area (Å²) in [4.78, 5) is 12.0. The number of benzene rings is 2. The van der Waals surface area contributed by atoms with E-state index in [9.17, 15) is 9.18 Å². The summed E-state index contributed by atoms with van der Waals surface area (Å²) < 4.78 is 12.8. The Labute approximate surface area is 131 Å². The molecule has 0 aliphatic rings. The van der Waals surface area contributed by atoms with Crippen LogP contribution in [0.2, 0.25) is 0 Å². The number of hydrogen-bond acceptors (Lipinski definition) is 2. The summed E-state index contributed by atoms with van der Waals surface area (Å²) in [7, 11) is 0. The third-order valence-corrected chi connectivity index (χ3v) is 3.62. The molecule has 0 saturated carbocycles. The molecule has 0 aromatic heterocycles. The van der Waals surface area contributed by atoms with Gasteiger partial charge in [0, 0.05) is 24.2 Å². The molecule has 22 heavy (non-hydrogen) atoms. The molecular weight excluding hydrogens is 277 g/mol. The third-order valence-electron chi connectivity index (χ3n) is 3.62. The average Bonchev–Trinajstić information content (AvgIpc) is 2.54. The summed E-state index contributed by atoms with van der Waals surface area (Å²) in [5.41, 5.74) is 2.92. The number of carbonyl (C=O) groups excluding carboxylic acids is 1. The van der Waals surface area contributed by atoms with E-state index >= 15 is 0 Å². The lowest BCUT2D eigenvalue weighted by molar-refractivity contribution is 0.0986. The molecule has 0 amide bonds. The van der Waals surface area contributed by atoms with Gasteiger partial charge >= 0.3 is 0 Å². The summed E-state index contributed by atoms with van der Waals surface area (Å²) in [6.07, 6.45) is 3.91. The van der Waals surface area contributed by atoms with E-state index in [0.717, 1.165) is 12.1 Å². The summed E-state index contributed by atoms with van der Waals surface area (Å²) in [5.74, 6) is -0.301. The van der Waals surface area contributed by atoms with Gasteiger partial charge in [-0.1, -0.05) is 25.5 Å². The maximum absolute atomic E-state index is 12.8. The minimum atomic E-state index is -0.321. The van der Waals surface area contributed by atoms with E-state index in [4.69, 9.17) is 0 Å². The van der Waals surface area contributed by atoms with E-state index in [-0.39, 0.29) is 11.6 Å². The lowest BCUT2D eigenvalue weighted by Crippen LogP contribution is -2.09. The molecule has 116 valence electrons. The van der Waals surface area contributed by atoms with Crippen LogP contribution < -0.4 is 5.32 Å². The Hall–Kier alpha value is -2.16. The fourth-order valence-electron chi connectivity index (χ4n) is 2.27. The van der Waals surface area contributed by atoms with Crippen molar-refractivity contribution in [2.24, 2.45) is 0 Å². The number of anilines is 1. The van der Waals surface area contributed by atoms with Crippen LogP contribution in [0.15, 0.2) is 48.5 Å². The van der Waals surface area contributed by atoms with Crippen molar-refractivity contribution >= 4 is 11.5 Å². The Kier molecular flexibility index (Phi) is 6.13. The van der Waals surface area contributed by atoms with Gasteiger partial charge in [-0.25, -0.2) is 4.39 Å². The molecule has 0 saturated heterocycles. The number of unbranched alkanes of at least 4 members (excludes halogenated alkanes) is 1. The maximum Gasteiger partial charge on any atom is 0.164 e. The first-order valence-electron chi connectivity index (χ1n) is 7.80. The van der Waals surface area contributed by atoms with E-state index < -0.39 is 0 Å². The van der Waals surface area contributed by atoms with Gasteiger partial charge in [0.25, 0.3) is 0 Å². The Morgan fingerprint density at radius 3 is 2.36 bits per heavy atom. The molecule has 0 aliphatic heterocycles. The highest BCUT2D eigenvalue weighted by molar-refractivity contribution is 5.96. The zero-order chi connectivity index (χ0) is 15.8.